The largest absolute Gasteiger partial charge is 0.370 e. The molecule has 0 saturated carbocycles. The zero-order valence-corrected chi connectivity index (χ0v) is 13.4. The molecule has 1 aromatic carbocycles. The molecule has 1 heterocycles. The van der Waals surface area contributed by atoms with Gasteiger partial charge in [0.1, 0.15) is 5.82 Å². The van der Waals surface area contributed by atoms with Gasteiger partial charge in [-0.25, -0.2) is 4.98 Å². The second-order valence-corrected chi connectivity index (χ2v) is 5.56. The number of nitrogens with zero attached hydrogens (tertiary/aromatic N) is 2. The highest BCUT2D eigenvalue weighted by Crippen LogP contribution is 2.24. The highest BCUT2D eigenvalue weighted by molar-refractivity contribution is 6.35. The fourth-order valence-corrected chi connectivity index (χ4v) is 2.39. The summed E-state index contributed by atoms with van der Waals surface area (Å²) in [7, 11) is 0. The average molecular weight is 325 g/mol. The Balaban J connectivity index is 2.00. The van der Waals surface area contributed by atoms with Gasteiger partial charge < -0.3 is 10.6 Å². The van der Waals surface area contributed by atoms with Crippen molar-refractivity contribution in [2.45, 2.75) is 26.2 Å². The van der Waals surface area contributed by atoms with Crippen LogP contribution in [0.4, 0.5) is 17.5 Å². The Morgan fingerprint density at radius 1 is 1.10 bits per heavy atom. The van der Waals surface area contributed by atoms with E-state index in [2.05, 4.69) is 27.5 Å². The van der Waals surface area contributed by atoms with Crippen LogP contribution in [0.15, 0.2) is 30.5 Å². The standard InChI is InChI=1S/C15H18Cl2N4/c1-2-3-4-6-18-14-5-7-19-15(21-14)20-13-9-11(16)8-12(17)10-13/h5,7-10H,2-4,6H2,1H3,(H2,18,19,20,21). The Morgan fingerprint density at radius 3 is 2.57 bits per heavy atom. The van der Waals surface area contributed by atoms with Crippen LogP contribution in [0.25, 0.3) is 0 Å². The van der Waals surface area contributed by atoms with E-state index >= 15 is 0 Å². The number of halogens is 2. The summed E-state index contributed by atoms with van der Waals surface area (Å²) in [4.78, 5) is 8.60. The third kappa shape index (κ3) is 5.40. The Morgan fingerprint density at radius 2 is 1.86 bits per heavy atom. The quantitative estimate of drug-likeness (QED) is 0.693. The number of unbranched alkanes of at least 4 members (excludes halogenated alkanes) is 2. The highest BCUT2D eigenvalue weighted by atomic mass is 35.5. The first-order valence-corrected chi connectivity index (χ1v) is 7.73. The van der Waals surface area contributed by atoms with E-state index in [-0.39, 0.29) is 0 Å². The first kappa shape index (κ1) is 15.9. The minimum absolute atomic E-state index is 0.508. The Kier molecular flexibility index (Phi) is 6.08. The predicted molar refractivity (Wildman–Crippen MR) is 89.8 cm³/mol. The maximum atomic E-state index is 5.97. The molecule has 21 heavy (non-hydrogen) atoms. The van der Waals surface area contributed by atoms with Crippen LogP contribution in [-0.2, 0) is 0 Å². The lowest BCUT2D eigenvalue weighted by Crippen LogP contribution is -2.05. The molecule has 0 aliphatic heterocycles. The van der Waals surface area contributed by atoms with Crippen LogP contribution in [0.3, 0.4) is 0 Å². The van der Waals surface area contributed by atoms with Crippen LogP contribution in [-0.4, -0.2) is 16.5 Å². The van der Waals surface area contributed by atoms with E-state index in [1.165, 1.54) is 12.8 Å². The van der Waals surface area contributed by atoms with Gasteiger partial charge in [-0.1, -0.05) is 43.0 Å². The molecular weight excluding hydrogens is 307 g/mol. The smallest absolute Gasteiger partial charge is 0.229 e. The minimum Gasteiger partial charge on any atom is -0.370 e. The normalized spacial score (nSPS) is 10.4. The monoisotopic (exact) mass is 324 g/mol. The molecule has 4 nitrogen and oxygen atoms in total. The van der Waals surface area contributed by atoms with E-state index < -0.39 is 0 Å². The predicted octanol–water partition coefficient (Wildman–Crippen LogP) is 5.13. The Bertz CT molecular complexity index is 569. The van der Waals surface area contributed by atoms with Gasteiger partial charge in [-0.15, -0.1) is 0 Å². The number of nitrogens with one attached hydrogen (secondary N) is 2. The van der Waals surface area contributed by atoms with Gasteiger partial charge >= 0.3 is 0 Å². The average Bonchev–Trinajstić information content (AvgIpc) is 2.43. The lowest BCUT2D eigenvalue weighted by Gasteiger charge is -2.08. The SMILES string of the molecule is CCCCCNc1ccnc(Nc2cc(Cl)cc(Cl)c2)n1. The summed E-state index contributed by atoms with van der Waals surface area (Å²) < 4.78 is 0. The van der Waals surface area contributed by atoms with Crippen LogP contribution in [0.2, 0.25) is 10.0 Å². The zero-order chi connectivity index (χ0) is 15.1. The fourth-order valence-electron chi connectivity index (χ4n) is 1.86. The van der Waals surface area contributed by atoms with Crippen LogP contribution in [0, 0.1) is 0 Å². The summed E-state index contributed by atoms with van der Waals surface area (Å²) in [5.74, 6) is 1.31. The molecule has 2 N–H and O–H groups in total. The van der Waals surface area contributed by atoms with E-state index in [0.717, 1.165) is 24.5 Å². The van der Waals surface area contributed by atoms with E-state index in [4.69, 9.17) is 23.2 Å². The summed E-state index contributed by atoms with van der Waals surface area (Å²) in [5, 5.41) is 7.52. The van der Waals surface area contributed by atoms with Gasteiger partial charge in [-0.3, -0.25) is 0 Å². The van der Waals surface area contributed by atoms with E-state index in [0.29, 0.717) is 16.0 Å². The molecule has 0 spiro atoms. The second-order valence-electron chi connectivity index (χ2n) is 4.68. The maximum Gasteiger partial charge on any atom is 0.229 e. The van der Waals surface area contributed by atoms with Gasteiger partial charge in [-0.2, -0.15) is 4.98 Å². The lowest BCUT2D eigenvalue weighted by atomic mass is 10.2. The summed E-state index contributed by atoms with van der Waals surface area (Å²) in [5.41, 5.74) is 0.760. The molecule has 2 rings (SSSR count). The van der Waals surface area contributed by atoms with E-state index in [1.807, 2.05) is 6.07 Å². The molecule has 0 bridgehead atoms. The molecular formula is C15H18Cl2N4. The van der Waals surface area contributed by atoms with Crippen molar-refractivity contribution in [1.82, 2.24) is 9.97 Å². The lowest BCUT2D eigenvalue weighted by molar-refractivity contribution is 0.742. The summed E-state index contributed by atoms with van der Waals surface area (Å²) in [6, 6.07) is 7.08. The minimum atomic E-state index is 0.508. The third-order valence-corrected chi connectivity index (χ3v) is 3.30. The van der Waals surface area contributed by atoms with Gasteiger partial charge in [0, 0.05) is 28.5 Å². The molecule has 0 radical (unpaired) electrons. The highest BCUT2D eigenvalue weighted by Gasteiger charge is 2.02. The van der Waals surface area contributed by atoms with Crippen molar-refractivity contribution >= 4 is 40.7 Å². The summed E-state index contributed by atoms with van der Waals surface area (Å²) in [6.45, 7) is 3.09. The van der Waals surface area contributed by atoms with Gasteiger partial charge in [-0.05, 0) is 30.7 Å². The van der Waals surface area contributed by atoms with Crippen molar-refractivity contribution in [3.8, 4) is 0 Å². The molecule has 0 unspecified atom stereocenters. The molecule has 0 atom stereocenters. The van der Waals surface area contributed by atoms with Crippen LogP contribution >= 0.6 is 23.2 Å². The summed E-state index contributed by atoms with van der Waals surface area (Å²) >= 11 is 11.9. The first-order chi connectivity index (χ1) is 10.2. The Hall–Kier alpha value is -1.52. The van der Waals surface area contributed by atoms with Gasteiger partial charge in [0.2, 0.25) is 5.95 Å². The number of anilines is 3. The first-order valence-electron chi connectivity index (χ1n) is 6.97. The molecule has 0 amide bonds. The molecule has 0 saturated heterocycles. The molecule has 0 fully saturated rings. The molecule has 6 heteroatoms. The number of aromatic nitrogens is 2. The molecule has 1 aromatic heterocycles. The maximum absolute atomic E-state index is 5.97. The van der Waals surface area contributed by atoms with E-state index in [1.54, 1.807) is 24.4 Å². The van der Waals surface area contributed by atoms with Crippen LogP contribution in [0.5, 0.6) is 0 Å². The number of rotatable bonds is 7. The summed E-state index contributed by atoms with van der Waals surface area (Å²) in [6.07, 6.45) is 5.26. The number of hydrogen-bond donors (Lipinski definition) is 2. The van der Waals surface area contributed by atoms with Crippen molar-refractivity contribution < 1.29 is 0 Å². The van der Waals surface area contributed by atoms with Crippen LogP contribution in [0.1, 0.15) is 26.2 Å². The van der Waals surface area contributed by atoms with Gasteiger partial charge in [0.15, 0.2) is 0 Å². The van der Waals surface area contributed by atoms with Crippen molar-refractivity contribution in [1.29, 1.82) is 0 Å². The van der Waals surface area contributed by atoms with Crippen molar-refractivity contribution in [3.05, 3.63) is 40.5 Å². The van der Waals surface area contributed by atoms with Crippen molar-refractivity contribution in [2.24, 2.45) is 0 Å². The van der Waals surface area contributed by atoms with Crippen LogP contribution < -0.4 is 10.6 Å². The molecule has 0 aliphatic rings. The van der Waals surface area contributed by atoms with Gasteiger partial charge in [0.05, 0.1) is 0 Å². The second kappa shape index (κ2) is 8.05. The Labute approximate surface area is 134 Å². The van der Waals surface area contributed by atoms with Gasteiger partial charge in [0.25, 0.3) is 0 Å². The zero-order valence-electron chi connectivity index (χ0n) is 11.9. The molecule has 112 valence electrons. The topological polar surface area (TPSA) is 49.8 Å². The third-order valence-electron chi connectivity index (χ3n) is 2.86. The fraction of sp³-hybridized carbons (Fsp3) is 0.333. The molecule has 0 aliphatic carbocycles. The van der Waals surface area contributed by atoms with Crippen molar-refractivity contribution in [2.75, 3.05) is 17.2 Å². The number of hydrogen-bond acceptors (Lipinski definition) is 4. The molecule has 2 aromatic rings. The van der Waals surface area contributed by atoms with E-state index in [9.17, 15) is 0 Å². The van der Waals surface area contributed by atoms with Crippen molar-refractivity contribution in [3.63, 3.8) is 0 Å². The number of benzene rings is 1.